The predicted molar refractivity (Wildman–Crippen MR) is 63.6 cm³/mol. The monoisotopic (exact) mass is 257 g/mol. The minimum atomic E-state index is -0.904. The Morgan fingerprint density at radius 2 is 2.24 bits per heavy atom. The number of thioether (sulfide) groups is 1. The van der Waals surface area contributed by atoms with E-state index in [0.717, 1.165) is 11.8 Å². The van der Waals surface area contributed by atoms with Crippen molar-refractivity contribution >= 4 is 23.6 Å². The maximum absolute atomic E-state index is 11.2. The number of carboxylic acid groups (broad SMARTS) is 1. The largest absolute Gasteiger partial charge is 0.481 e. The summed E-state index contributed by atoms with van der Waals surface area (Å²) in [6, 6.07) is 0. The van der Waals surface area contributed by atoms with E-state index >= 15 is 0 Å². The molecule has 0 aliphatic carbocycles. The van der Waals surface area contributed by atoms with Crippen molar-refractivity contribution in [3.8, 4) is 0 Å². The van der Waals surface area contributed by atoms with Crippen LogP contribution < -0.4 is 5.73 Å². The maximum Gasteiger partial charge on any atom is 0.313 e. The van der Waals surface area contributed by atoms with E-state index in [1.165, 1.54) is 0 Å². The second kappa shape index (κ2) is 5.22. The van der Waals surface area contributed by atoms with Gasteiger partial charge in [0.05, 0.1) is 11.2 Å². The summed E-state index contributed by atoms with van der Waals surface area (Å²) in [5.41, 5.74) is 4.59. The molecule has 0 aromatic carbocycles. The standard InChI is InChI=1S/C10H15N3O3S/c1-10(2,8(11)16)6-13-4-3-12-9(13)17-5-7(14)15/h3-4H,5-6H2,1-2H3,(H2,11,16)(H,14,15). The van der Waals surface area contributed by atoms with E-state index in [4.69, 9.17) is 10.8 Å². The van der Waals surface area contributed by atoms with Crippen LogP contribution in [0.15, 0.2) is 17.6 Å². The fourth-order valence-electron chi connectivity index (χ4n) is 1.19. The Kier molecular flexibility index (Phi) is 4.17. The van der Waals surface area contributed by atoms with Gasteiger partial charge in [0.15, 0.2) is 5.16 Å². The first-order valence-electron chi connectivity index (χ1n) is 4.98. The van der Waals surface area contributed by atoms with E-state index in [1.807, 2.05) is 0 Å². The average Bonchev–Trinajstić information content (AvgIpc) is 2.61. The van der Waals surface area contributed by atoms with Crippen molar-refractivity contribution < 1.29 is 14.7 Å². The van der Waals surface area contributed by atoms with Crippen LogP contribution in [0.4, 0.5) is 0 Å². The fourth-order valence-corrected chi connectivity index (χ4v) is 1.87. The van der Waals surface area contributed by atoms with Crippen molar-refractivity contribution in [3.63, 3.8) is 0 Å². The molecule has 94 valence electrons. The Hall–Kier alpha value is -1.50. The number of carbonyl (C=O) groups excluding carboxylic acids is 1. The molecule has 0 spiro atoms. The van der Waals surface area contributed by atoms with Gasteiger partial charge in [-0.2, -0.15) is 0 Å². The number of primary amides is 1. The molecule has 0 saturated heterocycles. The molecule has 0 atom stereocenters. The third-order valence-electron chi connectivity index (χ3n) is 2.23. The molecule has 3 N–H and O–H groups in total. The summed E-state index contributed by atoms with van der Waals surface area (Å²) in [7, 11) is 0. The van der Waals surface area contributed by atoms with Gasteiger partial charge >= 0.3 is 5.97 Å². The zero-order valence-corrected chi connectivity index (χ0v) is 10.5. The van der Waals surface area contributed by atoms with Crippen LogP contribution in [0.2, 0.25) is 0 Å². The lowest BCUT2D eigenvalue weighted by Crippen LogP contribution is -2.35. The van der Waals surface area contributed by atoms with Crippen molar-refractivity contribution in [2.45, 2.75) is 25.5 Å². The minimum Gasteiger partial charge on any atom is -0.481 e. The average molecular weight is 257 g/mol. The van der Waals surface area contributed by atoms with Crippen molar-refractivity contribution in [3.05, 3.63) is 12.4 Å². The second-order valence-electron chi connectivity index (χ2n) is 4.27. The first-order valence-corrected chi connectivity index (χ1v) is 5.97. The van der Waals surface area contributed by atoms with E-state index in [1.54, 1.807) is 30.8 Å². The minimum absolute atomic E-state index is 0.0615. The molecule has 0 aliphatic rings. The van der Waals surface area contributed by atoms with Gasteiger partial charge in [-0.05, 0) is 13.8 Å². The molecule has 6 nitrogen and oxygen atoms in total. The quantitative estimate of drug-likeness (QED) is 0.726. The predicted octanol–water partition coefficient (Wildman–Crippen LogP) is 0.571. The molecular formula is C10H15N3O3S. The number of hydrogen-bond donors (Lipinski definition) is 2. The fraction of sp³-hybridized carbons (Fsp3) is 0.500. The van der Waals surface area contributed by atoms with Crippen molar-refractivity contribution in [1.29, 1.82) is 0 Å². The summed E-state index contributed by atoms with van der Waals surface area (Å²) in [4.78, 5) is 25.7. The normalized spacial score (nSPS) is 11.4. The highest BCUT2D eigenvalue weighted by atomic mass is 32.2. The first kappa shape index (κ1) is 13.6. The van der Waals surface area contributed by atoms with Crippen molar-refractivity contribution in [1.82, 2.24) is 9.55 Å². The van der Waals surface area contributed by atoms with Gasteiger partial charge in [-0.3, -0.25) is 9.59 Å². The van der Waals surface area contributed by atoms with Gasteiger partial charge in [-0.1, -0.05) is 11.8 Å². The maximum atomic E-state index is 11.2. The molecule has 0 bridgehead atoms. The van der Waals surface area contributed by atoms with Gasteiger partial charge in [0.2, 0.25) is 5.91 Å². The van der Waals surface area contributed by atoms with E-state index < -0.39 is 17.3 Å². The van der Waals surface area contributed by atoms with Gasteiger partial charge in [0.1, 0.15) is 0 Å². The third kappa shape index (κ3) is 3.77. The van der Waals surface area contributed by atoms with E-state index in [-0.39, 0.29) is 5.75 Å². The Labute approximate surface area is 103 Å². The van der Waals surface area contributed by atoms with E-state index in [2.05, 4.69) is 4.98 Å². The molecule has 0 unspecified atom stereocenters. The topological polar surface area (TPSA) is 98.2 Å². The van der Waals surface area contributed by atoms with E-state index in [9.17, 15) is 9.59 Å². The number of aromatic nitrogens is 2. The van der Waals surface area contributed by atoms with Crippen LogP contribution in [0.25, 0.3) is 0 Å². The molecule has 1 aromatic rings. The SMILES string of the molecule is CC(C)(Cn1ccnc1SCC(=O)O)C(N)=O. The van der Waals surface area contributed by atoms with Crippen LogP contribution in [0.5, 0.6) is 0 Å². The third-order valence-corrected chi connectivity index (χ3v) is 3.22. The van der Waals surface area contributed by atoms with Crippen LogP contribution in [0.3, 0.4) is 0 Å². The number of hydrogen-bond acceptors (Lipinski definition) is 4. The molecule has 7 heteroatoms. The van der Waals surface area contributed by atoms with Gasteiger partial charge in [0.25, 0.3) is 0 Å². The molecule has 0 aliphatic heterocycles. The first-order chi connectivity index (χ1) is 7.83. The second-order valence-corrected chi connectivity index (χ2v) is 5.21. The van der Waals surface area contributed by atoms with Crippen LogP contribution in [-0.4, -0.2) is 32.3 Å². The lowest BCUT2D eigenvalue weighted by Gasteiger charge is -2.21. The molecule has 17 heavy (non-hydrogen) atoms. The number of carbonyl (C=O) groups is 2. The van der Waals surface area contributed by atoms with Gasteiger partial charge in [-0.25, -0.2) is 4.98 Å². The van der Waals surface area contributed by atoms with Gasteiger partial charge in [0, 0.05) is 18.9 Å². The highest BCUT2D eigenvalue weighted by Crippen LogP contribution is 2.22. The number of imidazole rings is 1. The number of nitrogens with two attached hydrogens (primary N) is 1. The van der Waals surface area contributed by atoms with Gasteiger partial charge in [-0.15, -0.1) is 0 Å². The lowest BCUT2D eigenvalue weighted by molar-refractivity contribution is -0.134. The smallest absolute Gasteiger partial charge is 0.313 e. The number of nitrogens with zero attached hydrogens (tertiary/aromatic N) is 2. The van der Waals surface area contributed by atoms with E-state index in [0.29, 0.717) is 11.7 Å². The molecule has 1 aromatic heterocycles. The molecule has 1 amide bonds. The highest BCUT2D eigenvalue weighted by molar-refractivity contribution is 7.99. The zero-order valence-electron chi connectivity index (χ0n) is 9.71. The highest BCUT2D eigenvalue weighted by Gasteiger charge is 2.26. The molecule has 1 heterocycles. The van der Waals surface area contributed by atoms with Crippen LogP contribution >= 0.6 is 11.8 Å². The number of aliphatic carboxylic acids is 1. The summed E-state index contributed by atoms with van der Waals surface area (Å²) in [5, 5.41) is 9.16. The summed E-state index contributed by atoms with van der Waals surface area (Å²) < 4.78 is 1.73. The number of carboxylic acids is 1. The Bertz CT molecular complexity index is 428. The summed E-state index contributed by atoms with van der Waals surface area (Å²) >= 11 is 1.11. The summed E-state index contributed by atoms with van der Waals surface area (Å²) in [6.45, 7) is 3.85. The van der Waals surface area contributed by atoms with Crippen molar-refractivity contribution in [2.24, 2.45) is 11.1 Å². The lowest BCUT2D eigenvalue weighted by atomic mass is 9.93. The molecule has 0 radical (unpaired) electrons. The van der Waals surface area contributed by atoms with Crippen LogP contribution in [0, 0.1) is 5.41 Å². The summed E-state index contributed by atoms with van der Waals surface area (Å²) in [5.74, 6) is -1.37. The van der Waals surface area contributed by atoms with Crippen LogP contribution in [-0.2, 0) is 16.1 Å². The number of rotatable bonds is 6. The molecule has 0 fully saturated rings. The molecule has 0 saturated carbocycles. The Morgan fingerprint density at radius 3 is 2.76 bits per heavy atom. The molecular weight excluding hydrogens is 242 g/mol. The number of amides is 1. The Morgan fingerprint density at radius 1 is 1.59 bits per heavy atom. The summed E-state index contributed by atoms with van der Waals surface area (Å²) in [6.07, 6.45) is 3.27. The van der Waals surface area contributed by atoms with Crippen molar-refractivity contribution in [2.75, 3.05) is 5.75 Å². The van der Waals surface area contributed by atoms with Crippen LogP contribution in [0.1, 0.15) is 13.8 Å². The molecule has 1 rings (SSSR count). The van der Waals surface area contributed by atoms with Gasteiger partial charge < -0.3 is 15.4 Å². The Balaban J connectivity index is 2.75. The zero-order chi connectivity index (χ0) is 13.1.